The Labute approximate surface area is 123 Å². The van der Waals surface area contributed by atoms with Gasteiger partial charge in [0, 0.05) is 22.6 Å². The number of hydrogen-bond donors (Lipinski definition) is 0. The Morgan fingerprint density at radius 3 is 2.80 bits per heavy atom. The minimum atomic E-state index is 0.217. The minimum Gasteiger partial charge on any atom is -0.489 e. The van der Waals surface area contributed by atoms with E-state index >= 15 is 0 Å². The van der Waals surface area contributed by atoms with Gasteiger partial charge < -0.3 is 4.74 Å². The number of fused-ring (bicyclic) bond motifs is 1. The highest BCUT2D eigenvalue weighted by Gasteiger charge is 2.17. The molecule has 0 spiro atoms. The molecule has 2 aromatic rings. The van der Waals surface area contributed by atoms with Gasteiger partial charge in [0.25, 0.3) is 0 Å². The number of hydrogen-bond acceptors (Lipinski definition) is 2. The van der Waals surface area contributed by atoms with Crippen molar-refractivity contribution in [3.05, 3.63) is 64.2 Å². The molecule has 0 aromatic heterocycles. The molecule has 0 unspecified atom stereocenters. The molecule has 2 nitrogen and oxygen atoms in total. The summed E-state index contributed by atoms with van der Waals surface area (Å²) in [6.45, 7) is 0.409. The molecule has 2 aromatic carbocycles. The molecule has 20 heavy (non-hydrogen) atoms. The van der Waals surface area contributed by atoms with E-state index in [4.69, 9.17) is 16.3 Å². The first-order chi connectivity index (χ1) is 9.74. The lowest BCUT2D eigenvalue weighted by atomic mass is 9.90. The molecule has 102 valence electrons. The molecule has 0 saturated carbocycles. The number of ether oxygens (including phenoxy) is 1. The molecule has 0 aliphatic heterocycles. The number of carbonyl (C=O) groups is 1. The average molecular weight is 287 g/mol. The van der Waals surface area contributed by atoms with Crippen LogP contribution in [0.4, 0.5) is 0 Å². The smallest absolute Gasteiger partial charge is 0.163 e. The van der Waals surface area contributed by atoms with E-state index < -0.39 is 0 Å². The summed E-state index contributed by atoms with van der Waals surface area (Å²) in [5, 5.41) is 0.696. The van der Waals surface area contributed by atoms with Gasteiger partial charge in [0.05, 0.1) is 0 Å². The van der Waals surface area contributed by atoms with E-state index in [1.165, 1.54) is 0 Å². The summed E-state index contributed by atoms with van der Waals surface area (Å²) in [5.41, 5.74) is 2.89. The van der Waals surface area contributed by atoms with Crippen molar-refractivity contribution in [3.8, 4) is 5.75 Å². The van der Waals surface area contributed by atoms with Crippen LogP contribution < -0.4 is 4.74 Å². The maximum Gasteiger partial charge on any atom is 0.163 e. The lowest BCUT2D eigenvalue weighted by Crippen LogP contribution is -2.10. The third-order valence-corrected chi connectivity index (χ3v) is 3.95. The zero-order valence-corrected chi connectivity index (χ0v) is 11.8. The fraction of sp³-hybridized carbons (Fsp3) is 0.235. The summed E-state index contributed by atoms with van der Waals surface area (Å²) < 4.78 is 5.75. The molecule has 3 heteroatoms. The maximum atomic E-state index is 11.9. The number of ketones is 1. The Bertz CT molecular complexity index is 649. The summed E-state index contributed by atoms with van der Waals surface area (Å²) in [4.78, 5) is 11.9. The van der Waals surface area contributed by atoms with Crippen LogP contribution in [0.15, 0.2) is 42.5 Å². The maximum absolute atomic E-state index is 11.9. The lowest BCUT2D eigenvalue weighted by Gasteiger charge is -2.16. The summed E-state index contributed by atoms with van der Waals surface area (Å²) in [5.74, 6) is 0.938. The minimum absolute atomic E-state index is 0.217. The third-order valence-electron chi connectivity index (χ3n) is 3.58. The van der Waals surface area contributed by atoms with Gasteiger partial charge in [0.1, 0.15) is 12.4 Å². The summed E-state index contributed by atoms with van der Waals surface area (Å²) in [6, 6.07) is 13.4. The molecule has 0 saturated heterocycles. The Morgan fingerprint density at radius 2 is 1.95 bits per heavy atom. The molecule has 0 atom stereocenters. The standard InChI is InChI=1S/C17H15ClO2/c18-16-6-2-1-4-13(16)11-20-14-9-8-12-5-3-7-17(19)15(12)10-14/h1-2,4,6,8-10H,3,5,7,11H2. The number of halogens is 1. The van der Waals surface area contributed by atoms with Crippen molar-refractivity contribution in [2.24, 2.45) is 0 Å². The highest BCUT2D eigenvalue weighted by Crippen LogP contribution is 2.26. The zero-order valence-electron chi connectivity index (χ0n) is 11.1. The van der Waals surface area contributed by atoms with Crippen molar-refractivity contribution in [1.29, 1.82) is 0 Å². The molecule has 0 bridgehead atoms. The first-order valence-corrected chi connectivity index (χ1v) is 7.14. The summed E-state index contributed by atoms with van der Waals surface area (Å²) in [7, 11) is 0. The van der Waals surface area contributed by atoms with Gasteiger partial charge >= 0.3 is 0 Å². The second kappa shape index (κ2) is 5.68. The predicted molar refractivity (Wildman–Crippen MR) is 79.5 cm³/mol. The van der Waals surface area contributed by atoms with Gasteiger partial charge in [0.15, 0.2) is 5.78 Å². The topological polar surface area (TPSA) is 26.3 Å². The largest absolute Gasteiger partial charge is 0.489 e. The molecule has 3 rings (SSSR count). The number of Topliss-reactive ketones (excluding diaryl/α,β-unsaturated/α-hetero) is 1. The van der Waals surface area contributed by atoms with Gasteiger partial charge in [0.2, 0.25) is 0 Å². The Morgan fingerprint density at radius 1 is 1.10 bits per heavy atom. The van der Waals surface area contributed by atoms with Gasteiger partial charge in [-0.1, -0.05) is 35.9 Å². The van der Waals surface area contributed by atoms with E-state index in [9.17, 15) is 4.79 Å². The first-order valence-electron chi connectivity index (χ1n) is 6.76. The third kappa shape index (κ3) is 2.70. The highest BCUT2D eigenvalue weighted by atomic mass is 35.5. The highest BCUT2D eigenvalue weighted by molar-refractivity contribution is 6.31. The second-order valence-electron chi connectivity index (χ2n) is 4.98. The number of rotatable bonds is 3. The monoisotopic (exact) mass is 286 g/mol. The molecular formula is C17H15ClO2. The number of carbonyl (C=O) groups excluding carboxylic acids is 1. The van der Waals surface area contributed by atoms with Crippen LogP contribution >= 0.6 is 11.6 Å². The molecule has 0 amide bonds. The average Bonchev–Trinajstić information content (AvgIpc) is 2.47. The van der Waals surface area contributed by atoms with Crippen LogP contribution in [0.2, 0.25) is 5.02 Å². The van der Waals surface area contributed by atoms with Crippen LogP contribution in [-0.4, -0.2) is 5.78 Å². The van der Waals surface area contributed by atoms with Gasteiger partial charge in [-0.25, -0.2) is 0 Å². The Balaban J connectivity index is 1.77. The first kappa shape index (κ1) is 13.2. The molecule has 0 N–H and O–H groups in total. The van der Waals surface area contributed by atoms with Crippen molar-refractivity contribution in [2.75, 3.05) is 0 Å². The van der Waals surface area contributed by atoms with Crippen LogP contribution in [0.25, 0.3) is 0 Å². The van der Waals surface area contributed by atoms with Crippen molar-refractivity contribution < 1.29 is 9.53 Å². The Kier molecular flexibility index (Phi) is 3.75. The van der Waals surface area contributed by atoms with Crippen molar-refractivity contribution >= 4 is 17.4 Å². The fourth-order valence-corrected chi connectivity index (χ4v) is 2.66. The summed E-state index contributed by atoms with van der Waals surface area (Å²) >= 11 is 6.09. The van der Waals surface area contributed by atoms with Gasteiger partial charge in [-0.2, -0.15) is 0 Å². The fourth-order valence-electron chi connectivity index (χ4n) is 2.47. The van der Waals surface area contributed by atoms with E-state index in [-0.39, 0.29) is 5.78 Å². The molecule has 1 aliphatic rings. The van der Waals surface area contributed by atoms with Crippen LogP contribution in [-0.2, 0) is 13.0 Å². The summed E-state index contributed by atoms with van der Waals surface area (Å²) in [6.07, 6.45) is 2.57. The van der Waals surface area contributed by atoms with Crippen LogP contribution in [0.1, 0.15) is 34.3 Å². The normalized spacial score (nSPS) is 13.9. The molecular weight excluding hydrogens is 272 g/mol. The van der Waals surface area contributed by atoms with E-state index in [0.717, 1.165) is 35.3 Å². The lowest BCUT2D eigenvalue weighted by molar-refractivity contribution is 0.0972. The molecule has 0 radical (unpaired) electrons. The predicted octanol–water partition coefficient (Wildman–Crippen LogP) is 4.44. The van der Waals surface area contributed by atoms with Gasteiger partial charge in [-0.05, 0) is 36.6 Å². The zero-order chi connectivity index (χ0) is 13.9. The van der Waals surface area contributed by atoms with Crippen LogP contribution in [0, 0.1) is 0 Å². The van der Waals surface area contributed by atoms with Crippen molar-refractivity contribution in [3.63, 3.8) is 0 Å². The van der Waals surface area contributed by atoms with E-state index in [1.54, 1.807) is 0 Å². The van der Waals surface area contributed by atoms with Crippen LogP contribution in [0.5, 0.6) is 5.75 Å². The molecule has 0 heterocycles. The SMILES string of the molecule is O=C1CCCc2ccc(OCc3ccccc3Cl)cc21. The van der Waals surface area contributed by atoms with E-state index in [2.05, 4.69) is 0 Å². The van der Waals surface area contributed by atoms with Gasteiger partial charge in [-0.15, -0.1) is 0 Å². The van der Waals surface area contributed by atoms with E-state index in [1.807, 2.05) is 42.5 Å². The Hall–Kier alpha value is -1.80. The van der Waals surface area contributed by atoms with Crippen LogP contribution in [0.3, 0.4) is 0 Å². The quantitative estimate of drug-likeness (QED) is 0.834. The van der Waals surface area contributed by atoms with Crippen molar-refractivity contribution in [2.45, 2.75) is 25.9 Å². The number of benzene rings is 2. The van der Waals surface area contributed by atoms with Gasteiger partial charge in [-0.3, -0.25) is 4.79 Å². The molecule has 0 fully saturated rings. The molecule has 1 aliphatic carbocycles. The van der Waals surface area contributed by atoms with E-state index in [0.29, 0.717) is 18.1 Å². The van der Waals surface area contributed by atoms with Crippen molar-refractivity contribution in [1.82, 2.24) is 0 Å². The second-order valence-corrected chi connectivity index (χ2v) is 5.38. The number of aryl methyl sites for hydroxylation is 1.